The van der Waals surface area contributed by atoms with E-state index in [4.69, 9.17) is 4.52 Å². The number of carbonyl (C=O) groups excluding carboxylic acids is 1. The molecule has 9 nitrogen and oxygen atoms in total. The SMILES string of the molecule is Cc1cc(NS(=O)(=O)c2ccc(NC(=O)C(C)Sc3nc(C)c(C)c(C)c3C#N)cc2)no1. The van der Waals surface area contributed by atoms with E-state index in [1.807, 2.05) is 20.8 Å². The number of thioether (sulfide) groups is 1. The lowest BCUT2D eigenvalue weighted by molar-refractivity contribution is -0.115. The van der Waals surface area contributed by atoms with Crippen LogP contribution in [0.1, 0.15) is 35.1 Å². The summed E-state index contributed by atoms with van der Waals surface area (Å²) in [7, 11) is -3.85. The zero-order chi connectivity index (χ0) is 24.3. The highest BCUT2D eigenvalue weighted by Crippen LogP contribution is 2.30. The molecule has 1 atom stereocenters. The van der Waals surface area contributed by atoms with Crippen molar-refractivity contribution in [3.63, 3.8) is 0 Å². The van der Waals surface area contributed by atoms with Gasteiger partial charge in [0.1, 0.15) is 16.9 Å². The number of carbonyl (C=O) groups is 1. The van der Waals surface area contributed by atoms with Crippen molar-refractivity contribution in [1.29, 1.82) is 5.26 Å². The Balaban J connectivity index is 1.69. The van der Waals surface area contributed by atoms with E-state index in [0.717, 1.165) is 16.8 Å². The molecule has 3 aromatic rings. The molecule has 0 aliphatic heterocycles. The summed E-state index contributed by atoms with van der Waals surface area (Å²) in [6, 6.07) is 9.40. The van der Waals surface area contributed by atoms with Crippen LogP contribution in [0.4, 0.5) is 11.5 Å². The summed E-state index contributed by atoms with van der Waals surface area (Å²) < 4.78 is 32.1. The van der Waals surface area contributed by atoms with Gasteiger partial charge < -0.3 is 9.84 Å². The molecule has 0 saturated carbocycles. The molecule has 1 aromatic carbocycles. The number of pyridine rings is 1. The Hall–Kier alpha value is -3.36. The summed E-state index contributed by atoms with van der Waals surface area (Å²) >= 11 is 1.20. The first kappa shape index (κ1) is 24.3. The maximum Gasteiger partial charge on any atom is 0.263 e. The molecule has 0 saturated heterocycles. The van der Waals surface area contributed by atoms with Crippen molar-refractivity contribution in [3.8, 4) is 6.07 Å². The van der Waals surface area contributed by atoms with E-state index in [0.29, 0.717) is 22.0 Å². The molecule has 0 fully saturated rings. The molecule has 1 amide bonds. The van der Waals surface area contributed by atoms with Gasteiger partial charge in [-0.1, -0.05) is 16.9 Å². The first-order valence-electron chi connectivity index (χ1n) is 9.93. The number of nitrogens with zero attached hydrogens (tertiary/aromatic N) is 3. The van der Waals surface area contributed by atoms with E-state index in [2.05, 4.69) is 26.2 Å². The van der Waals surface area contributed by atoms with Gasteiger partial charge in [0.05, 0.1) is 15.7 Å². The monoisotopic (exact) mass is 485 g/mol. The maximum absolute atomic E-state index is 12.7. The van der Waals surface area contributed by atoms with Crippen LogP contribution in [0.25, 0.3) is 0 Å². The molecule has 0 aliphatic rings. The fourth-order valence-electron chi connectivity index (χ4n) is 2.92. The van der Waals surface area contributed by atoms with Gasteiger partial charge in [-0.05, 0) is 70.0 Å². The summed E-state index contributed by atoms with van der Waals surface area (Å²) in [4.78, 5) is 17.2. The Morgan fingerprint density at radius 2 is 1.82 bits per heavy atom. The van der Waals surface area contributed by atoms with Crippen LogP contribution in [0.5, 0.6) is 0 Å². The van der Waals surface area contributed by atoms with E-state index < -0.39 is 15.3 Å². The van der Waals surface area contributed by atoms with Crippen LogP contribution in [0.15, 0.2) is 44.8 Å². The molecule has 0 aliphatic carbocycles. The van der Waals surface area contributed by atoms with E-state index in [1.165, 1.54) is 42.1 Å². The van der Waals surface area contributed by atoms with E-state index in [-0.39, 0.29) is 16.6 Å². The van der Waals surface area contributed by atoms with Crippen LogP contribution >= 0.6 is 11.8 Å². The highest BCUT2D eigenvalue weighted by Gasteiger charge is 2.21. The average molecular weight is 486 g/mol. The van der Waals surface area contributed by atoms with Crippen LogP contribution < -0.4 is 10.0 Å². The second kappa shape index (κ2) is 9.64. The number of hydrogen-bond acceptors (Lipinski definition) is 8. The average Bonchev–Trinajstić information content (AvgIpc) is 3.16. The van der Waals surface area contributed by atoms with Crippen molar-refractivity contribution in [2.45, 2.75) is 49.8 Å². The van der Waals surface area contributed by atoms with Gasteiger partial charge >= 0.3 is 0 Å². The number of aryl methyl sites for hydroxylation is 2. The predicted molar refractivity (Wildman–Crippen MR) is 126 cm³/mol. The number of nitrogens with one attached hydrogen (secondary N) is 2. The topological polar surface area (TPSA) is 138 Å². The second-order valence-electron chi connectivity index (χ2n) is 7.44. The van der Waals surface area contributed by atoms with Crippen molar-refractivity contribution >= 4 is 39.2 Å². The van der Waals surface area contributed by atoms with Gasteiger partial charge in [0.2, 0.25) is 5.91 Å². The lowest BCUT2D eigenvalue weighted by Gasteiger charge is -2.15. The molecule has 172 valence electrons. The van der Waals surface area contributed by atoms with E-state index >= 15 is 0 Å². The van der Waals surface area contributed by atoms with E-state index in [1.54, 1.807) is 13.8 Å². The second-order valence-corrected chi connectivity index (χ2v) is 10.5. The molecule has 0 radical (unpaired) electrons. The minimum absolute atomic E-state index is 0.0112. The Morgan fingerprint density at radius 3 is 2.39 bits per heavy atom. The van der Waals surface area contributed by atoms with Gasteiger partial charge in [-0.2, -0.15) is 5.26 Å². The van der Waals surface area contributed by atoms with Crippen LogP contribution in [0.2, 0.25) is 0 Å². The molecular weight excluding hydrogens is 462 g/mol. The summed E-state index contributed by atoms with van der Waals surface area (Å²) in [5, 5.41) is 15.9. The van der Waals surface area contributed by atoms with Crippen LogP contribution in [-0.2, 0) is 14.8 Å². The predicted octanol–water partition coefficient (Wildman–Crippen LogP) is 4.10. The summed E-state index contributed by atoms with van der Waals surface area (Å²) in [5.74, 6) is 0.266. The van der Waals surface area contributed by atoms with Crippen LogP contribution in [0, 0.1) is 39.0 Å². The van der Waals surface area contributed by atoms with Gasteiger partial charge in [-0.25, -0.2) is 13.4 Å². The van der Waals surface area contributed by atoms with Gasteiger partial charge in [0.15, 0.2) is 5.82 Å². The normalized spacial score (nSPS) is 12.1. The van der Waals surface area contributed by atoms with Crippen molar-refractivity contribution in [2.75, 3.05) is 10.0 Å². The quantitative estimate of drug-likeness (QED) is 0.477. The van der Waals surface area contributed by atoms with Crippen LogP contribution in [0.3, 0.4) is 0 Å². The molecule has 0 bridgehead atoms. The Morgan fingerprint density at radius 1 is 1.15 bits per heavy atom. The molecule has 33 heavy (non-hydrogen) atoms. The third kappa shape index (κ3) is 5.53. The highest BCUT2D eigenvalue weighted by molar-refractivity contribution is 8.00. The van der Waals surface area contributed by atoms with Crippen molar-refractivity contribution in [1.82, 2.24) is 10.1 Å². The molecule has 1 unspecified atom stereocenters. The lowest BCUT2D eigenvalue weighted by Crippen LogP contribution is -2.23. The zero-order valence-corrected chi connectivity index (χ0v) is 20.4. The Labute approximate surface area is 196 Å². The fraction of sp³-hybridized carbons (Fsp3) is 0.273. The number of sulfonamides is 1. The Kier molecular flexibility index (Phi) is 7.09. The molecular formula is C22H23N5O4S2. The number of hydrogen-bond donors (Lipinski definition) is 2. The third-order valence-electron chi connectivity index (χ3n) is 5.03. The first-order chi connectivity index (χ1) is 15.5. The molecule has 2 heterocycles. The van der Waals surface area contributed by atoms with Crippen molar-refractivity contribution < 1.29 is 17.7 Å². The number of amides is 1. The lowest BCUT2D eigenvalue weighted by atomic mass is 10.1. The zero-order valence-electron chi connectivity index (χ0n) is 18.8. The molecule has 2 N–H and O–H groups in total. The number of rotatable bonds is 7. The minimum atomic E-state index is -3.85. The maximum atomic E-state index is 12.7. The summed E-state index contributed by atoms with van der Waals surface area (Å²) in [6.07, 6.45) is 0. The van der Waals surface area contributed by atoms with Gasteiger partial charge in [-0.15, -0.1) is 0 Å². The fourth-order valence-corrected chi connectivity index (χ4v) is 4.91. The van der Waals surface area contributed by atoms with Gasteiger partial charge in [0, 0.05) is 17.4 Å². The Bertz CT molecular complexity index is 1340. The molecule has 3 rings (SSSR count). The molecule has 0 spiro atoms. The number of anilines is 2. The highest BCUT2D eigenvalue weighted by atomic mass is 32.2. The van der Waals surface area contributed by atoms with Gasteiger partial charge in [-0.3, -0.25) is 9.52 Å². The number of benzene rings is 1. The number of nitriles is 1. The van der Waals surface area contributed by atoms with Crippen molar-refractivity contribution in [2.24, 2.45) is 0 Å². The molecule has 2 aromatic heterocycles. The summed E-state index contributed by atoms with van der Waals surface area (Å²) in [5.41, 5.74) is 3.52. The largest absolute Gasteiger partial charge is 0.360 e. The smallest absolute Gasteiger partial charge is 0.263 e. The van der Waals surface area contributed by atoms with Crippen molar-refractivity contribution in [3.05, 3.63) is 58.5 Å². The third-order valence-corrected chi connectivity index (χ3v) is 7.49. The van der Waals surface area contributed by atoms with E-state index in [9.17, 15) is 18.5 Å². The molecule has 11 heteroatoms. The first-order valence-corrected chi connectivity index (χ1v) is 12.3. The standard InChI is InChI=1S/C22H23N5O4S2/c1-12-10-20(26-31-12)27-33(29,30)18-8-6-17(7-9-18)25-21(28)16(5)32-22-19(11-23)14(3)13(2)15(4)24-22/h6-10,16H,1-5H3,(H,25,28)(H,26,27). The minimum Gasteiger partial charge on any atom is -0.360 e. The summed E-state index contributed by atoms with van der Waals surface area (Å²) in [6.45, 7) is 9.02. The van der Waals surface area contributed by atoms with Gasteiger partial charge in [0.25, 0.3) is 10.0 Å². The number of aromatic nitrogens is 2. The van der Waals surface area contributed by atoms with Crippen LogP contribution in [-0.4, -0.2) is 29.7 Å².